The van der Waals surface area contributed by atoms with E-state index in [1.54, 1.807) is 16.8 Å². The second-order valence-electron chi connectivity index (χ2n) is 6.72. The molecule has 0 aromatic carbocycles. The Morgan fingerprint density at radius 2 is 1.97 bits per heavy atom. The molecule has 0 spiro atoms. The van der Waals surface area contributed by atoms with E-state index in [1.807, 2.05) is 32.9 Å². The Balaban J connectivity index is 1.27. The van der Waals surface area contributed by atoms with Crippen LogP contribution in [0.3, 0.4) is 0 Å². The highest BCUT2D eigenvalue weighted by atomic mass is 16.5. The third-order valence-corrected chi connectivity index (χ3v) is 4.74. The number of amides is 1. The zero-order chi connectivity index (χ0) is 21.1. The van der Waals surface area contributed by atoms with Crippen molar-refractivity contribution in [3.63, 3.8) is 0 Å². The van der Waals surface area contributed by atoms with Gasteiger partial charge in [0.2, 0.25) is 5.76 Å². The lowest BCUT2D eigenvalue weighted by Crippen LogP contribution is -2.29. The van der Waals surface area contributed by atoms with Crippen molar-refractivity contribution in [1.29, 1.82) is 0 Å². The summed E-state index contributed by atoms with van der Waals surface area (Å²) >= 11 is 0. The van der Waals surface area contributed by atoms with Crippen molar-refractivity contribution in [2.24, 2.45) is 0 Å². The van der Waals surface area contributed by atoms with Gasteiger partial charge in [-0.2, -0.15) is 5.10 Å². The fourth-order valence-corrected chi connectivity index (χ4v) is 2.85. The molecule has 4 rings (SSSR count). The molecule has 0 atom stereocenters. The van der Waals surface area contributed by atoms with Crippen LogP contribution in [0, 0.1) is 20.8 Å². The van der Waals surface area contributed by atoms with Crippen LogP contribution in [-0.4, -0.2) is 44.1 Å². The van der Waals surface area contributed by atoms with Crippen molar-refractivity contribution in [2.45, 2.75) is 20.8 Å². The predicted octanol–water partition coefficient (Wildman–Crippen LogP) is 2.68. The van der Waals surface area contributed by atoms with Gasteiger partial charge in [0, 0.05) is 24.8 Å². The van der Waals surface area contributed by atoms with E-state index in [4.69, 9.17) is 8.94 Å². The summed E-state index contributed by atoms with van der Waals surface area (Å²) < 4.78 is 12.1. The van der Waals surface area contributed by atoms with Gasteiger partial charge in [-0.3, -0.25) is 4.79 Å². The van der Waals surface area contributed by atoms with E-state index in [1.165, 1.54) is 12.3 Å². The third-order valence-electron chi connectivity index (χ3n) is 4.74. The van der Waals surface area contributed by atoms with Crippen molar-refractivity contribution in [3.05, 3.63) is 59.2 Å². The van der Waals surface area contributed by atoms with Crippen LogP contribution in [0.1, 0.15) is 27.4 Å². The zero-order valence-electron chi connectivity index (χ0n) is 16.8. The molecule has 0 aliphatic carbocycles. The molecule has 0 radical (unpaired) electrons. The summed E-state index contributed by atoms with van der Waals surface area (Å²) in [5.41, 5.74) is 3.33. The Morgan fingerprint density at radius 3 is 2.63 bits per heavy atom. The van der Waals surface area contributed by atoms with E-state index < -0.39 is 0 Å². The summed E-state index contributed by atoms with van der Waals surface area (Å²) in [6.07, 6.45) is 1.52. The molecule has 10 nitrogen and oxygen atoms in total. The molecule has 0 saturated carbocycles. The van der Waals surface area contributed by atoms with E-state index >= 15 is 0 Å². The molecule has 0 aliphatic rings. The molecular formula is C20H21N7O3. The van der Waals surface area contributed by atoms with Crippen LogP contribution in [0.4, 0.5) is 5.82 Å². The van der Waals surface area contributed by atoms with Gasteiger partial charge in [-0.15, -0.1) is 10.2 Å². The molecule has 4 aromatic rings. The van der Waals surface area contributed by atoms with Crippen molar-refractivity contribution in [1.82, 2.24) is 30.5 Å². The SMILES string of the molecule is Cc1nn(-c2ccc(NCCNC(=O)c3cc(-c4ccco4)on3)nn2)c(C)c1C. The number of carbonyl (C=O) groups is 1. The lowest BCUT2D eigenvalue weighted by Gasteiger charge is -2.07. The summed E-state index contributed by atoms with van der Waals surface area (Å²) in [7, 11) is 0. The lowest BCUT2D eigenvalue weighted by molar-refractivity contribution is 0.0946. The first kappa shape index (κ1) is 19.4. The second-order valence-corrected chi connectivity index (χ2v) is 6.72. The van der Waals surface area contributed by atoms with E-state index in [-0.39, 0.29) is 11.6 Å². The Bertz CT molecular complexity index is 1140. The molecule has 10 heteroatoms. The van der Waals surface area contributed by atoms with Gasteiger partial charge in [-0.05, 0) is 50.6 Å². The molecular weight excluding hydrogens is 386 g/mol. The van der Waals surface area contributed by atoms with Crippen molar-refractivity contribution < 1.29 is 13.7 Å². The number of hydrogen-bond donors (Lipinski definition) is 2. The molecule has 4 aromatic heterocycles. The molecule has 4 heterocycles. The lowest BCUT2D eigenvalue weighted by atomic mass is 10.2. The van der Waals surface area contributed by atoms with Crippen LogP contribution in [-0.2, 0) is 0 Å². The maximum absolute atomic E-state index is 12.2. The minimum Gasteiger partial charge on any atom is -0.461 e. The summed E-state index contributed by atoms with van der Waals surface area (Å²) in [6.45, 7) is 6.85. The molecule has 2 N–H and O–H groups in total. The van der Waals surface area contributed by atoms with Gasteiger partial charge in [-0.25, -0.2) is 4.68 Å². The highest BCUT2D eigenvalue weighted by Gasteiger charge is 2.15. The Kier molecular flexibility index (Phi) is 5.29. The number of aromatic nitrogens is 5. The number of carbonyl (C=O) groups excluding carboxylic acids is 1. The number of furan rings is 1. The van der Waals surface area contributed by atoms with Gasteiger partial charge < -0.3 is 19.6 Å². The molecule has 0 saturated heterocycles. The number of nitrogens with zero attached hydrogens (tertiary/aromatic N) is 5. The summed E-state index contributed by atoms with van der Waals surface area (Å²) in [5.74, 6) is 1.84. The van der Waals surface area contributed by atoms with E-state index in [0.29, 0.717) is 36.2 Å². The minimum absolute atomic E-state index is 0.186. The second kappa shape index (κ2) is 8.19. The first-order chi connectivity index (χ1) is 14.5. The van der Waals surface area contributed by atoms with Crippen LogP contribution in [0.2, 0.25) is 0 Å². The van der Waals surface area contributed by atoms with E-state index in [9.17, 15) is 4.79 Å². The first-order valence-electron chi connectivity index (χ1n) is 9.42. The highest BCUT2D eigenvalue weighted by molar-refractivity contribution is 5.92. The summed E-state index contributed by atoms with van der Waals surface area (Å²) in [6, 6.07) is 8.67. The fourth-order valence-electron chi connectivity index (χ4n) is 2.85. The summed E-state index contributed by atoms with van der Waals surface area (Å²) in [5, 5.41) is 22.5. The predicted molar refractivity (Wildman–Crippen MR) is 108 cm³/mol. The van der Waals surface area contributed by atoms with Gasteiger partial charge in [-0.1, -0.05) is 5.16 Å². The maximum atomic E-state index is 12.2. The van der Waals surface area contributed by atoms with Crippen LogP contribution >= 0.6 is 0 Å². The maximum Gasteiger partial charge on any atom is 0.273 e. The van der Waals surface area contributed by atoms with Crippen LogP contribution in [0.5, 0.6) is 0 Å². The average molecular weight is 407 g/mol. The molecule has 0 unspecified atom stereocenters. The Labute approximate surface area is 172 Å². The Hall–Kier alpha value is -3.95. The van der Waals surface area contributed by atoms with Gasteiger partial charge in [0.25, 0.3) is 5.91 Å². The van der Waals surface area contributed by atoms with Crippen molar-refractivity contribution in [3.8, 4) is 17.3 Å². The van der Waals surface area contributed by atoms with Gasteiger partial charge in [0.05, 0.1) is 12.0 Å². The van der Waals surface area contributed by atoms with E-state index in [0.717, 1.165) is 17.0 Å². The first-order valence-corrected chi connectivity index (χ1v) is 9.42. The monoisotopic (exact) mass is 407 g/mol. The molecule has 0 bridgehead atoms. The van der Waals surface area contributed by atoms with Crippen molar-refractivity contribution >= 4 is 11.7 Å². The number of rotatable bonds is 7. The largest absolute Gasteiger partial charge is 0.461 e. The van der Waals surface area contributed by atoms with Crippen LogP contribution in [0.25, 0.3) is 17.3 Å². The molecule has 0 aliphatic heterocycles. The van der Waals surface area contributed by atoms with Gasteiger partial charge in [0.15, 0.2) is 17.3 Å². The number of anilines is 1. The highest BCUT2D eigenvalue weighted by Crippen LogP contribution is 2.20. The van der Waals surface area contributed by atoms with Crippen molar-refractivity contribution in [2.75, 3.05) is 18.4 Å². The number of aryl methyl sites for hydroxylation is 1. The smallest absolute Gasteiger partial charge is 0.273 e. The summed E-state index contributed by atoms with van der Waals surface area (Å²) in [4.78, 5) is 12.2. The molecule has 1 amide bonds. The van der Waals surface area contributed by atoms with Crippen LogP contribution < -0.4 is 10.6 Å². The number of nitrogens with one attached hydrogen (secondary N) is 2. The van der Waals surface area contributed by atoms with Gasteiger partial charge in [0.1, 0.15) is 5.82 Å². The standard InChI is InChI=1S/C20H21N7O3/c1-12-13(2)25-27(14(12)3)19-7-6-18(23-24-19)21-8-9-22-20(28)15-11-17(30-26-15)16-5-4-10-29-16/h4-7,10-11H,8-9H2,1-3H3,(H,21,23)(H,22,28). The zero-order valence-corrected chi connectivity index (χ0v) is 16.8. The molecule has 30 heavy (non-hydrogen) atoms. The quantitative estimate of drug-likeness (QED) is 0.448. The molecule has 154 valence electrons. The Morgan fingerprint density at radius 1 is 1.10 bits per heavy atom. The molecule has 0 fully saturated rings. The average Bonchev–Trinajstić information content (AvgIpc) is 3.50. The topological polar surface area (TPSA) is 124 Å². The normalized spacial score (nSPS) is 10.9. The number of hydrogen-bond acceptors (Lipinski definition) is 8. The van der Waals surface area contributed by atoms with Crippen LogP contribution in [0.15, 0.2) is 45.5 Å². The van der Waals surface area contributed by atoms with E-state index in [2.05, 4.69) is 31.1 Å². The fraction of sp³-hybridized carbons (Fsp3) is 0.250. The van der Waals surface area contributed by atoms with Gasteiger partial charge >= 0.3 is 0 Å². The minimum atomic E-state index is -0.334. The third kappa shape index (κ3) is 3.93.